The number of aromatic amines is 1. The van der Waals surface area contributed by atoms with E-state index < -0.39 is 6.36 Å². The van der Waals surface area contributed by atoms with Crippen LogP contribution in [-0.2, 0) is 0 Å². The predicted molar refractivity (Wildman–Crippen MR) is 96.4 cm³/mol. The van der Waals surface area contributed by atoms with Crippen LogP contribution in [0, 0.1) is 0 Å². The number of para-hydroxylation sites is 1. The molecule has 0 amide bonds. The lowest BCUT2D eigenvalue weighted by Crippen LogP contribution is -2.17. The van der Waals surface area contributed by atoms with Crippen LogP contribution in [0.5, 0.6) is 5.75 Å². The van der Waals surface area contributed by atoms with Crippen LogP contribution < -0.4 is 10.5 Å². The molecule has 0 fully saturated rings. The van der Waals surface area contributed by atoms with Crippen molar-refractivity contribution < 1.29 is 22.7 Å². The molecule has 0 radical (unpaired) electrons. The molecule has 142 valence electrons. The maximum Gasteiger partial charge on any atom is 0.573 e. The minimum Gasteiger partial charge on any atom is -0.406 e. The van der Waals surface area contributed by atoms with Gasteiger partial charge >= 0.3 is 6.36 Å². The molecule has 3 N–H and O–H groups in total. The van der Waals surface area contributed by atoms with Crippen molar-refractivity contribution in [3.8, 4) is 11.4 Å². The second-order valence-corrected chi connectivity index (χ2v) is 5.97. The standard InChI is InChI=1S/C19H13F3N4O2/c20-19(21,22)28-12-7-5-11(6-8-12)26-18(23)15(10-25-26)17(27)14-9-24-16-4-2-1-3-13(14)16/h1-10,24H,23H2. The van der Waals surface area contributed by atoms with Crippen molar-refractivity contribution in [1.29, 1.82) is 0 Å². The largest absolute Gasteiger partial charge is 0.573 e. The molecular formula is C19H13F3N4O2. The van der Waals surface area contributed by atoms with Crippen LogP contribution in [-0.4, -0.2) is 26.9 Å². The summed E-state index contributed by atoms with van der Waals surface area (Å²) < 4.78 is 41.9. The third-order valence-corrected chi connectivity index (χ3v) is 4.20. The Labute approximate surface area is 156 Å². The zero-order valence-corrected chi connectivity index (χ0v) is 14.2. The van der Waals surface area contributed by atoms with Gasteiger partial charge in [-0.3, -0.25) is 4.79 Å². The van der Waals surface area contributed by atoms with Crippen LogP contribution >= 0.6 is 0 Å². The summed E-state index contributed by atoms with van der Waals surface area (Å²) in [6.07, 6.45) is -1.84. The zero-order chi connectivity index (χ0) is 19.9. The molecule has 9 heteroatoms. The van der Waals surface area contributed by atoms with E-state index in [-0.39, 0.29) is 22.9 Å². The van der Waals surface area contributed by atoms with E-state index in [1.807, 2.05) is 24.3 Å². The normalized spacial score (nSPS) is 11.7. The number of rotatable bonds is 4. The van der Waals surface area contributed by atoms with Crippen LogP contribution in [0.3, 0.4) is 0 Å². The fourth-order valence-electron chi connectivity index (χ4n) is 2.93. The molecule has 4 rings (SSSR count). The van der Waals surface area contributed by atoms with E-state index in [2.05, 4.69) is 14.8 Å². The number of hydrogen-bond acceptors (Lipinski definition) is 4. The minimum atomic E-state index is -4.77. The van der Waals surface area contributed by atoms with Gasteiger partial charge in [0.2, 0.25) is 5.78 Å². The SMILES string of the molecule is Nc1c(C(=O)c2c[nH]c3ccccc23)cnn1-c1ccc(OC(F)(F)F)cc1. The maximum absolute atomic E-state index is 12.9. The van der Waals surface area contributed by atoms with Crippen molar-refractivity contribution in [2.24, 2.45) is 0 Å². The van der Waals surface area contributed by atoms with E-state index in [9.17, 15) is 18.0 Å². The maximum atomic E-state index is 12.9. The van der Waals surface area contributed by atoms with Gasteiger partial charge in [0.25, 0.3) is 0 Å². The number of fused-ring (bicyclic) bond motifs is 1. The highest BCUT2D eigenvalue weighted by Crippen LogP contribution is 2.27. The number of carbonyl (C=O) groups is 1. The summed E-state index contributed by atoms with van der Waals surface area (Å²) in [4.78, 5) is 15.9. The van der Waals surface area contributed by atoms with Crippen molar-refractivity contribution in [2.75, 3.05) is 5.73 Å². The van der Waals surface area contributed by atoms with Crippen molar-refractivity contribution in [2.45, 2.75) is 6.36 Å². The summed E-state index contributed by atoms with van der Waals surface area (Å²) in [6.45, 7) is 0. The molecule has 2 aromatic carbocycles. The number of ether oxygens (including phenoxy) is 1. The summed E-state index contributed by atoms with van der Waals surface area (Å²) in [6, 6.07) is 12.4. The monoisotopic (exact) mass is 386 g/mol. The van der Waals surface area contributed by atoms with E-state index >= 15 is 0 Å². The lowest BCUT2D eigenvalue weighted by Gasteiger charge is -2.10. The zero-order valence-electron chi connectivity index (χ0n) is 14.2. The number of nitrogens with two attached hydrogens (primary N) is 1. The number of alkyl halides is 3. The van der Waals surface area contributed by atoms with Gasteiger partial charge in [-0.2, -0.15) is 5.10 Å². The van der Waals surface area contributed by atoms with Gasteiger partial charge in [0.05, 0.1) is 17.4 Å². The van der Waals surface area contributed by atoms with Gasteiger partial charge in [0.1, 0.15) is 11.6 Å². The molecule has 0 unspecified atom stereocenters. The number of nitrogens with one attached hydrogen (secondary N) is 1. The average molecular weight is 386 g/mol. The Hall–Kier alpha value is -3.75. The van der Waals surface area contributed by atoms with Gasteiger partial charge in [-0.15, -0.1) is 13.2 Å². The van der Waals surface area contributed by atoms with Gasteiger partial charge < -0.3 is 15.5 Å². The van der Waals surface area contributed by atoms with Crippen molar-refractivity contribution in [3.63, 3.8) is 0 Å². The average Bonchev–Trinajstić information content (AvgIpc) is 3.24. The quantitative estimate of drug-likeness (QED) is 0.518. The second kappa shape index (κ2) is 6.45. The summed E-state index contributed by atoms with van der Waals surface area (Å²) in [7, 11) is 0. The van der Waals surface area contributed by atoms with E-state index in [0.717, 1.165) is 23.0 Å². The molecule has 0 saturated carbocycles. The molecule has 2 heterocycles. The summed E-state index contributed by atoms with van der Waals surface area (Å²) >= 11 is 0. The van der Waals surface area contributed by atoms with E-state index in [1.165, 1.54) is 23.0 Å². The second-order valence-electron chi connectivity index (χ2n) is 5.97. The van der Waals surface area contributed by atoms with Gasteiger partial charge in [0.15, 0.2) is 0 Å². The topological polar surface area (TPSA) is 85.9 Å². The highest BCUT2D eigenvalue weighted by Gasteiger charge is 2.31. The van der Waals surface area contributed by atoms with Gasteiger partial charge in [-0.05, 0) is 30.3 Å². The molecule has 6 nitrogen and oxygen atoms in total. The number of carbonyl (C=O) groups excluding carboxylic acids is 1. The number of anilines is 1. The summed E-state index contributed by atoms with van der Waals surface area (Å²) in [5, 5.41) is 4.86. The first-order valence-electron chi connectivity index (χ1n) is 8.14. The lowest BCUT2D eigenvalue weighted by molar-refractivity contribution is -0.274. The Bertz CT molecular complexity index is 1160. The first kappa shape index (κ1) is 17.7. The predicted octanol–water partition coefficient (Wildman–Crippen LogP) is 4.07. The molecule has 0 aliphatic carbocycles. The van der Waals surface area contributed by atoms with Crippen LogP contribution in [0.15, 0.2) is 60.9 Å². The Morgan fingerprint density at radius 1 is 1.07 bits per heavy atom. The smallest absolute Gasteiger partial charge is 0.406 e. The third kappa shape index (κ3) is 3.18. The first-order chi connectivity index (χ1) is 13.3. The number of benzene rings is 2. The number of nitrogen functional groups attached to an aromatic ring is 1. The number of aromatic nitrogens is 3. The fraction of sp³-hybridized carbons (Fsp3) is 0.0526. The molecule has 0 bridgehead atoms. The number of ketones is 1. The molecule has 2 aromatic heterocycles. The van der Waals surface area contributed by atoms with Crippen molar-refractivity contribution in [3.05, 3.63) is 72.1 Å². The Morgan fingerprint density at radius 2 is 1.79 bits per heavy atom. The highest BCUT2D eigenvalue weighted by atomic mass is 19.4. The Morgan fingerprint density at radius 3 is 2.50 bits per heavy atom. The fourth-order valence-corrected chi connectivity index (χ4v) is 2.93. The highest BCUT2D eigenvalue weighted by molar-refractivity contribution is 6.18. The molecule has 0 spiro atoms. The van der Waals surface area contributed by atoms with Crippen molar-refractivity contribution in [1.82, 2.24) is 14.8 Å². The summed E-state index contributed by atoms with van der Waals surface area (Å²) in [5.74, 6) is -0.588. The minimum absolute atomic E-state index is 0.0831. The number of halogens is 3. The van der Waals surface area contributed by atoms with E-state index in [0.29, 0.717) is 11.3 Å². The third-order valence-electron chi connectivity index (χ3n) is 4.20. The molecule has 4 aromatic rings. The van der Waals surface area contributed by atoms with Crippen LogP contribution in [0.1, 0.15) is 15.9 Å². The number of H-pyrrole nitrogens is 1. The molecule has 28 heavy (non-hydrogen) atoms. The van der Waals surface area contributed by atoms with Crippen LogP contribution in [0.25, 0.3) is 16.6 Å². The lowest BCUT2D eigenvalue weighted by atomic mass is 10.0. The molecule has 0 saturated heterocycles. The summed E-state index contributed by atoms with van der Waals surface area (Å²) in [5.41, 5.74) is 7.94. The molecular weight excluding hydrogens is 373 g/mol. The van der Waals surface area contributed by atoms with Gasteiger partial charge in [-0.25, -0.2) is 4.68 Å². The number of hydrogen-bond donors (Lipinski definition) is 2. The van der Waals surface area contributed by atoms with Gasteiger partial charge in [0, 0.05) is 22.7 Å². The molecule has 0 aliphatic rings. The first-order valence-corrected chi connectivity index (χ1v) is 8.14. The number of nitrogens with zero attached hydrogens (tertiary/aromatic N) is 2. The van der Waals surface area contributed by atoms with Crippen LogP contribution in [0.2, 0.25) is 0 Å². The Kier molecular flexibility index (Phi) is 4.07. The molecule has 0 aliphatic heterocycles. The van der Waals surface area contributed by atoms with Gasteiger partial charge in [-0.1, -0.05) is 18.2 Å². The van der Waals surface area contributed by atoms with Crippen molar-refractivity contribution >= 4 is 22.5 Å². The van der Waals surface area contributed by atoms with E-state index in [1.54, 1.807) is 6.20 Å². The van der Waals surface area contributed by atoms with E-state index in [4.69, 9.17) is 5.73 Å². The van der Waals surface area contributed by atoms with Crippen LogP contribution in [0.4, 0.5) is 19.0 Å². The Balaban J connectivity index is 1.65. The molecule has 0 atom stereocenters.